The van der Waals surface area contributed by atoms with Crippen molar-refractivity contribution >= 4 is 6.21 Å². The molecule has 0 aliphatic carbocycles. The summed E-state index contributed by atoms with van der Waals surface area (Å²) in [7, 11) is 1.69. The highest BCUT2D eigenvalue weighted by Gasteiger charge is 2.04. The molecule has 1 aliphatic rings. The molecule has 1 N–H and O–H groups in total. The number of para-hydroxylation sites is 1. The average molecular weight is 202 g/mol. The zero-order chi connectivity index (χ0) is 10.5. The standard InChI is InChI=1S/C12H14N2O/c1-15-12-5-3-2-4-11(12)6-10-7-13-9-14-8-10/h2-5,7-8,13H,6,9H2,1H3. The van der Waals surface area contributed by atoms with Gasteiger partial charge in [-0.3, -0.25) is 4.99 Å². The molecule has 0 saturated heterocycles. The first-order chi connectivity index (χ1) is 7.40. The van der Waals surface area contributed by atoms with Crippen LogP contribution < -0.4 is 10.1 Å². The lowest BCUT2D eigenvalue weighted by Gasteiger charge is -2.10. The molecular weight excluding hydrogens is 188 g/mol. The third kappa shape index (κ3) is 2.37. The molecule has 0 bridgehead atoms. The number of rotatable bonds is 3. The summed E-state index contributed by atoms with van der Waals surface area (Å²) in [5.74, 6) is 0.928. The molecule has 0 amide bonds. The third-order valence-corrected chi connectivity index (χ3v) is 2.31. The minimum Gasteiger partial charge on any atom is -0.496 e. The molecular formula is C12H14N2O. The fraction of sp³-hybridized carbons (Fsp3) is 0.250. The quantitative estimate of drug-likeness (QED) is 0.810. The Balaban J connectivity index is 2.16. The molecule has 2 rings (SSSR count). The van der Waals surface area contributed by atoms with Crippen molar-refractivity contribution in [2.24, 2.45) is 4.99 Å². The highest BCUT2D eigenvalue weighted by Crippen LogP contribution is 2.20. The lowest BCUT2D eigenvalue weighted by atomic mass is 10.1. The minimum absolute atomic E-state index is 0.676. The lowest BCUT2D eigenvalue weighted by molar-refractivity contribution is 0.410. The SMILES string of the molecule is COc1ccccc1CC1=CNCN=C1. The highest BCUT2D eigenvalue weighted by atomic mass is 16.5. The Labute approximate surface area is 89.5 Å². The van der Waals surface area contributed by atoms with Crippen molar-refractivity contribution in [3.8, 4) is 5.75 Å². The zero-order valence-corrected chi connectivity index (χ0v) is 8.73. The maximum atomic E-state index is 5.29. The van der Waals surface area contributed by atoms with E-state index in [2.05, 4.69) is 16.4 Å². The maximum absolute atomic E-state index is 5.29. The molecule has 0 unspecified atom stereocenters. The van der Waals surface area contributed by atoms with Gasteiger partial charge in [-0.1, -0.05) is 18.2 Å². The van der Waals surface area contributed by atoms with Crippen LogP contribution in [0.2, 0.25) is 0 Å². The van der Waals surface area contributed by atoms with E-state index in [4.69, 9.17) is 4.74 Å². The Hall–Kier alpha value is -1.77. The molecule has 3 nitrogen and oxygen atoms in total. The second kappa shape index (κ2) is 4.64. The number of hydrogen-bond acceptors (Lipinski definition) is 3. The van der Waals surface area contributed by atoms with Crippen LogP contribution in [0.1, 0.15) is 5.56 Å². The van der Waals surface area contributed by atoms with Crippen LogP contribution in [0.25, 0.3) is 0 Å². The van der Waals surface area contributed by atoms with Crippen molar-refractivity contribution < 1.29 is 4.74 Å². The van der Waals surface area contributed by atoms with Gasteiger partial charge >= 0.3 is 0 Å². The smallest absolute Gasteiger partial charge is 0.122 e. The summed E-state index contributed by atoms with van der Waals surface area (Å²) in [6.07, 6.45) is 4.75. The summed E-state index contributed by atoms with van der Waals surface area (Å²) >= 11 is 0. The van der Waals surface area contributed by atoms with Gasteiger partial charge in [0.2, 0.25) is 0 Å². The Morgan fingerprint density at radius 2 is 2.27 bits per heavy atom. The van der Waals surface area contributed by atoms with Crippen molar-refractivity contribution in [2.75, 3.05) is 13.8 Å². The largest absolute Gasteiger partial charge is 0.496 e. The molecule has 0 atom stereocenters. The summed E-state index contributed by atoms with van der Waals surface area (Å²) < 4.78 is 5.29. The van der Waals surface area contributed by atoms with Crippen LogP contribution in [-0.4, -0.2) is 20.0 Å². The summed E-state index contributed by atoms with van der Waals surface area (Å²) in [6, 6.07) is 8.04. The van der Waals surface area contributed by atoms with Gasteiger partial charge in [-0.2, -0.15) is 0 Å². The van der Waals surface area contributed by atoms with Crippen LogP contribution in [-0.2, 0) is 6.42 Å². The van der Waals surface area contributed by atoms with E-state index in [0.717, 1.165) is 12.2 Å². The third-order valence-electron chi connectivity index (χ3n) is 2.31. The number of benzene rings is 1. The van der Waals surface area contributed by atoms with Crippen molar-refractivity contribution in [2.45, 2.75) is 6.42 Å². The van der Waals surface area contributed by atoms with Crippen LogP contribution in [0.3, 0.4) is 0 Å². The van der Waals surface area contributed by atoms with Crippen molar-refractivity contribution in [3.05, 3.63) is 41.6 Å². The Morgan fingerprint density at radius 3 is 3.00 bits per heavy atom. The first-order valence-electron chi connectivity index (χ1n) is 4.94. The molecule has 0 aromatic heterocycles. The fourth-order valence-corrected chi connectivity index (χ4v) is 1.60. The summed E-state index contributed by atoms with van der Waals surface area (Å²) in [5.41, 5.74) is 2.35. The maximum Gasteiger partial charge on any atom is 0.122 e. The van der Waals surface area contributed by atoms with Crippen molar-refractivity contribution in [3.63, 3.8) is 0 Å². The van der Waals surface area contributed by atoms with Gasteiger partial charge in [0.15, 0.2) is 0 Å². The zero-order valence-electron chi connectivity index (χ0n) is 8.73. The van der Waals surface area contributed by atoms with Gasteiger partial charge in [0.25, 0.3) is 0 Å². The second-order valence-electron chi connectivity index (χ2n) is 3.38. The van der Waals surface area contributed by atoms with Crippen molar-refractivity contribution in [1.29, 1.82) is 0 Å². The molecule has 3 heteroatoms. The molecule has 0 fully saturated rings. The van der Waals surface area contributed by atoms with E-state index < -0.39 is 0 Å². The average Bonchev–Trinajstić information content (AvgIpc) is 2.31. The fourth-order valence-electron chi connectivity index (χ4n) is 1.60. The Kier molecular flexibility index (Phi) is 3.02. The molecule has 0 spiro atoms. The molecule has 0 saturated carbocycles. The number of allylic oxidation sites excluding steroid dienone is 1. The first-order valence-corrected chi connectivity index (χ1v) is 4.94. The van der Waals surface area contributed by atoms with Crippen LogP contribution in [0.15, 0.2) is 41.0 Å². The van der Waals surface area contributed by atoms with E-state index in [1.807, 2.05) is 30.6 Å². The van der Waals surface area contributed by atoms with Gasteiger partial charge < -0.3 is 10.1 Å². The van der Waals surface area contributed by atoms with Crippen LogP contribution in [0, 0.1) is 0 Å². The number of aliphatic imine (C=N–C) groups is 1. The Morgan fingerprint density at radius 1 is 1.40 bits per heavy atom. The van der Waals surface area contributed by atoms with Crippen LogP contribution in [0.5, 0.6) is 5.75 Å². The highest BCUT2D eigenvalue weighted by molar-refractivity contribution is 5.80. The predicted octanol–water partition coefficient (Wildman–Crippen LogP) is 1.75. The van der Waals surface area contributed by atoms with Crippen molar-refractivity contribution in [1.82, 2.24) is 5.32 Å². The number of ether oxygens (including phenoxy) is 1. The predicted molar refractivity (Wildman–Crippen MR) is 61.3 cm³/mol. The monoisotopic (exact) mass is 202 g/mol. The van der Waals surface area contributed by atoms with Gasteiger partial charge in [-0.25, -0.2) is 0 Å². The molecule has 1 heterocycles. The second-order valence-corrected chi connectivity index (χ2v) is 3.38. The molecule has 15 heavy (non-hydrogen) atoms. The van der Waals surface area contributed by atoms with Crippen LogP contribution in [0.4, 0.5) is 0 Å². The van der Waals surface area contributed by atoms with E-state index in [1.165, 1.54) is 11.1 Å². The molecule has 78 valence electrons. The normalized spacial score (nSPS) is 14.3. The number of nitrogens with zero attached hydrogens (tertiary/aromatic N) is 1. The lowest BCUT2D eigenvalue weighted by Crippen LogP contribution is -2.12. The van der Waals surface area contributed by atoms with Gasteiger partial charge in [0.1, 0.15) is 12.4 Å². The summed E-state index contributed by atoms with van der Waals surface area (Å²) in [5, 5.41) is 3.09. The van der Waals surface area contributed by atoms with E-state index in [9.17, 15) is 0 Å². The molecule has 1 aromatic rings. The van der Waals surface area contributed by atoms with Gasteiger partial charge in [0, 0.05) is 18.8 Å². The van der Waals surface area contributed by atoms with E-state index in [1.54, 1.807) is 7.11 Å². The summed E-state index contributed by atoms with van der Waals surface area (Å²) in [6.45, 7) is 0.676. The van der Waals surface area contributed by atoms with Gasteiger partial charge in [0.05, 0.1) is 7.11 Å². The minimum atomic E-state index is 0.676. The number of methoxy groups -OCH3 is 1. The first kappa shape index (κ1) is 9.77. The number of nitrogens with one attached hydrogen (secondary N) is 1. The van der Waals surface area contributed by atoms with Gasteiger partial charge in [-0.05, 0) is 17.2 Å². The van der Waals surface area contributed by atoms with E-state index in [0.29, 0.717) is 6.67 Å². The topological polar surface area (TPSA) is 33.6 Å². The molecule has 1 aromatic carbocycles. The van der Waals surface area contributed by atoms with Gasteiger partial charge in [-0.15, -0.1) is 0 Å². The van der Waals surface area contributed by atoms with Crippen LogP contribution >= 0.6 is 0 Å². The Bertz CT molecular complexity index is 396. The van der Waals surface area contributed by atoms with E-state index >= 15 is 0 Å². The number of hydrogen-bond donors (Lipinski definition) is 1. The molecule has 0 radical (unpaired) electrons. The van der Waals surface area contributed by atoms with E-state index in [-0.39, 0.29) is 0 Å². The summed E-state index contributed by atoms with van der Waals surface area (Å²) in [4.78, 5) is 4.16. The molecule has 1 aliphatic heterocycles.